The maximum Gasteiger partial charge on any atom is 0.0521 e. The van der Waals surface area contributed by atoms with Gasteiger partial charge in [-0.3, -0.25) is 0 Å². The molecule has 0 heterocycles. The molecule has 0 atom stereocenters. The molecule has 0 saturated carbocycles. The molecule has 1 nitrogen and oxygen atoms in total. The van der Waals surface area contributed by atoms with Crippen molar-refractivity contribution in [3.63, 3.8) is 0 Å². The molecule has 0 saturated heterocycles. The monoisotopic (exact) mass is 321 g/mol. The highest BCUT2D eigenvalue weighted by atomic mass is 29.6. The van der Waals surface area contributed by atoms with Crippen LogP contribution in [0.3, 0.4) is 0 Å². The lowest BCUT2D eigenvalue weighted by molar-refractivity contribution is 1.13. The number of hydrogen-bond donors (Lipinski definition) is 0. The van der Waals surface area contributed by atoms with Gasteiger partial charge >= 0.3 is 0 Å². The number of benzene rings is 1. The minimum atomic E-state index is -1.09. The summed E-state index contributed by atoms with van der Waals surface area (Å²) in [6.45, 7) is 17.5. The highest BCUT2D eigenvalue weighted by molar-refractivity contribution is 7.60. The molecule has 0 radical (unpaired) electrons. The van der Waals surface area contributed by atoms with Crippen molar-refractivity contribution >= 4 is 34.0 Å². The Balaban J connectivity index is 3.49. The summed E-state index contributed by atoms with van der Waals surface area (Å²) in [5, 5.41) is 0. The van der Waals surface area contributed by atoms with Crippen molar-refractivity contribution in [3.8, 4) is 0 Å². The van der Waals surface area contributed by atoms with Gasteiger partial charge in [-0.2, -0.15) is 0 Å². The molecule has 4 heteroatoms. The first-order valence-electron chi connectivity index (χ1n) is 7.43. The molecule has 0 bridgehead atoms. The van der Waals surface area contributed by atoms with E-state index in [1.807, 2.05) is 0 Å². The Morgan fingerprint density at radius 3 is 1.85 bits per heavy atom. The molecule has 1 aromatic rings. The number of hydrogen-bond acceptors (Lipinski definition) is 1. The third-order valence-electron chi connectivity index (χ3n) is 3.58. The molecule has 0 aliphatic rings. The van der Waals surface area contributed by atoms with E-state index in [4.69, 9.17) is 0 Å². The molecule has 112 valence electrons. The summed E-state index contributed by atoms with van der Waals surface area (Å²) in [4.78, 5) is 2.25. The van der Waals surface area contributed by atoms with E-state index in [0.717, 1.165) is 0 Å². The van der Waals surface area contributed by atoms with Gasteiger partial charge in [0.25, 0.3) is 0 Å². The summed E-state index contributed by atoms with van der Waals surface area (Å²) < 4.78 is 0. The average Bonchev–Trinajstić information content (AvgIpc) is 2.22. The van der Waals surface area contributed by atoms with E-state index in [2.05, 4.69) is 89.1 Å². The van der Waals surface area contributed by atoms with E-state index in [9.17, 15) is 0 Å². The van der Waals surface area contributed by atoms with Gasteiger partial charge in [0, 0.05) is 19.8 Å². The van der Waals surface area contributed by atoms with E-state index in [0.29, 0.717) is 0 Å². The summed E-state index contributed by atoms with van der Waals surface area (Å²) in [6.07, 6.45) is 0. The smallest absolute Gasteiger partial charge is 0.0521 e. The van der Waals surface area contributed by atoms with Gasteiger partial charge in [-0.1, -0.05) is 62.7 Å². The minimum absolute atomic E-state index is 0.374. The van der Waals surface area contributed by atoms with Crippen LogP contribution >= 0.6 is 0 Å². The van der Waals surface area contributed by atoms with Gasteiger partial charge in [0.15, 0.2) is 0 Å². The van der Waals surface area contributed by atoms with Crippen molar-refractivity contribution in [1.82, 2.24) is 0 Å². The largest absolute Gasteiger partial charge is 0.377 e. The zero-order valence-corrected chi connectivity index (χ0v) is 17.8. The molecule has 0 amide bonds. The van der Waals surface area contributed by atoms with Crippen molar-refractivity contribution in [3.05, 3.63) is 29.3 Å². The van der Waals surface area contributed by atoms with Crippen molar-refractivity contribution in [2.45, 2.75) is 46.2 Å². The van der Waals surface area contributed by atoms with Crippen molar-refractivity contribution in [2.75, 3.05) is 19.0 Å². The molecule has 0 N–H and O–H groups in total. The third kappa shape index (κ3) is 4.53. The molecule has 0 fully saturated rings. The standard InChI is InChI=1S/C16H31NSi3/c1-14-10-11-16(17(2)3)15(12-14)13-18(19(4,5)6)20(7,8)9/h10-13H,1-9H3. The molecule has 0 unspecified atom stereocenters. The Morgan fingerprint density at radius 1 is 0.950 bits per heavy atom. The molecule has 0 spiro atoms. The summed E-state index contributed by atoms with van der Waals surface area (Å²) in [6, 6.07) is 6.87. The van der Waals surface area contributed by atoms with Gasteiger partial charge in [0.2, 0.25) is 0 Å². The van der Waals surface area contributed by atoms with Crippen LogP contribution in [-0.2, 0) is 0 Å². The number of rotatable bonds is 4. The zero-order valence-electron chi connectivity index (χ0n) is 14.8. The Kier molecular flexibility index (Phi) is 5.38. The van der Waals surface area contributed by atoms with E-state index in [1.54, 1.807) is 0 Å². The SMILES string of the molecule is Cc1ccc(N(C)C)c(C=[Si]([Si](C)(C)C)[Si](C)(C)C)c1. The molecular weight excluding hydrogens is 290 g/mol. The molecule has 0 aromatic heterocycles. The zero-order chi connectivity index (χ0) is 15.7. The van der Waals surface area contributed by atoms with Crippen LogP contribution in [0.2, 0.25) is 39.3 Å². The predicted molar refractivity (Wildman–Crippen MR) is 103 cm³/mol. The second kappa shape index (κ2) is 6.12. The Hall–Kier alpha value is -0.459. The summed E-state index contributed by atoms with van der Waals surface area (Å²) in [5.74, 6) is 0. The van der Waals surface area contributed by atoms with E-state index in [-0.39, 0.29) is 7.44 Å². The van der Waals surface area contributed by atoms with Gasteiger partial charge < -0.3 is 4.90 Å². The minimum Gasteiger partial charge on any atom is -0.377 e. The fourth-order valence-electron chi connectivity index (χ4n) is 2.91. The fourth-order valence-corrected chi connectivity index (χ4v) is 37.1. The molecule has 1 rings (SSSR count). The van der Waals surface area contributed by atoms with Crippen LogP contribution < -0.4 is 4.90 Å². The predicted octanol–water partition coefficient (Wildman–Crippen LogP) is 4.12. The van der Waals surface area contributed by atoms with Crippen LogP contribution in [-0.4, -0.2) is 42.4 Å². The van der Waals surface area contributed by atoms with Crippen molar-refractivity contribution in [1.29, 1.82) is 0 Å². The number of anilines is 1. The number of aryl methyl sites for hydroxylation is 1. The first-order chi connectivity index (χ1) is 8.93. The maximum absolute atomic E-state index is 2.70. The van der Waals surface area contributed by atoms with Gasteiger partial charge in [-0.15, -0.1) is 0 Å². The lowest BCUT2D eigenvalue weighted by atomic mass is 10.1. The first-order valence-corrected chi connectivity index (χ1v) is 18.0. The van der Waals surface area contributed by atoms with E-state index in [1.165, 1.54) is 16.8 Å². The number of nitrogens with zero attached hydrogens (tertiary/aromatic N) is 1. The van der Waals surface area contributed by atoms with Crippen LogP contribution in [0.15, 0.2) is 18.2 Å². The topological polar surface area (TPSA) is 3.24 Å². The first kappa shape index (κ1) is 17.6. The van der Waals surface area contributed by atoms with Gasteiger partial charge in [-0.05, 0) is 26.0 Å². The quantitative estimate of drug-likeness (QED) is 0.754. The van der Waals surface area contributed by atoms with Crippen LogP contribution in [0.25, 0.3) is 0 Å². The molecule has 1 aromatic carbocycles. The molecule has 20 heavy (non-hydrogen) atoms. The van der Waals surface area contributed by atoms with Crippen molar-refractivity contribution < 1.29 is 0 Å². The van der Waals surface area contributed by atoms with Crippen molar-refractivity contribution in [2.24, 2.45) is 0 Å². The summed E-state index contributed by atoms with van der Waals surface area (Å²) >= 11 is 0. The average molecular weight is 322 g/mol. The second-order valence-electron chi connectivity index (χ2n) is 8.01. The lowest BCUT2D eigenvalue weighted by Crippen LogP contribution is -2.54. The van der Waals surface area contributed by atoms with Crippen LogP contribution in [0.4, 0.5) is 5.69 Å². The summed E-state index contributed by atoms with van der Waals surface area (Å²) in [7, 11) is 1.75. The highest BCUT2D eigenvalue weighted by Crippen LogP contribution is 2.20. The van der Waals surface area contributed by atoms with Gasteiger partial charge in [-0.25, -0.2) is 0 Å². The Bertz CT molecular complexity index is 489. The summed E-state index contributed by atoms with van der Waals surface area (Å²) in [5.41, 5.74) is 6.91. The fraction of sp³-hybridized carbons (Fsp3) is 0.562. The molecule has 0 aliphatic heterocycles. The van der Waals surface area contributed by atoms with Crippen LogP contribution in [0.5, 0.6) is 0 Å². The lowest BCUT2D eigenvalue weighted by Gasteiger charge is -2.31. The van der Waals surface area contributed by atoms with E-state index >= 15 is 0 Å². The van der Waals surface area contributed by atoms with E-state index < -0.39 is 15.2 Å². The second-order valence-corrected chi connectivity index (χ2v) is 31.9. The third-order valence-corrected chi connectivity index (χ3v) is 31.5. The normalized spacial score (nSPS) is 12.2. The molecular formula is C16H31NSi3. The Morgan fingerprint density at radius 2 is 1.45 bits per heavy atom. The Labute approximate surface area is 128 Å². The van der Waals surface area contributed by atoms with Gasteiger partial charge in [0.1, 0.15) is 0 Å². The highest BCUT2D eigenvalue weighted by Gasteiger charge is 2.31. The van der Waals surface area contributed by atoms with Gasteiger partial charge in [0.05, 0.1) is 15.2 Å². The molecule has 0 aliphatic carbocycles. The van der Waals surface area contributed by atoms with Crippen LogP contribution in [0, 0.1) is 6.92 Å². The van der Waals surface area contributed by atoms with Crippen LogP contribution in [0.1, 0.15) is 11.1 Å². The maximum atomic E-state index is 2.70.